The van der Waals surface area contributed by atoms with Gasteiger partial charge in [-0.1, -0.05) is 23.9 Å². The number of nitro groups is 1. The number of rotatable bonds is 8. The Morgan fingerprint density at radius 3 is 2.76 bits per heavy atom. The van der Waals surface area contributed by atoms with Crippen LogP contribution in [0.3, 0.4) is 0 Å². The molecule has 11 heteroatoms. The Morgan fingerprint density at radius 2 is 2.03 bits per heavy atom. The monoisotopic (exact) mass is 496 g/mol. The third-order valence-corrected chi connectivity index (χ3v) is 6.75. The summed E-state index contributed by atoms with van der Waals surface area (Å²) in [5.41, 5.74) is 2.14. The number of hydrogen-bond acceptors (Lipinski definition) is 8. The van der Waals surface area contributed by atoms with Crippen LogP contribution in [-0.2, 0) is 4.79 Å². The number of aliphatic imine (C=N–C) groups is 1. The van der Waals surface area contributed by atoms with Gasteiger partial charge in [-0.05, 0) is 48.0 Å². The molecule has 172 valence electrons. The van der Waals surface area contributed by atoms with Gasteiger partial charge in [0.25, 0.3) is 5.69 Å². The summed E-state index contributed by atoms with van der Waals surface area (Å²) in [6, 6.07) is 15.8. The number of nitrogens with zero attached hydrogens (tertiary/aromatic N) is 3. The third-order valence-electron chi connectivity index (χ3n) is 4.59. The van der Waals surface area contributed by atoms with E-state index in [0.29, 0.717) is 10.1 Å². The highest BCUT2D eigenvalue weighted by Gasteiger charge is 2.17. The molecule has 1 aromatic heterocycles. The largest absolute Gasteiger partial charge is 0.496 e. The minimum atomic E-state index is -0.574. The molecule has 0 atom stereocenters. The number of aromatic nitrogens is 1. The van der Waals surface area contributed by atoms with Crippen LogP contribution in [0.5, 0.6) is 5.75 Å². The molecule has 3 aromatic carbocycles. The molecule has 0 fully saturated rings. The van der Waals surface area contributed by atoms with E-state index in [1.54, 1.807) is 24.4 Å². The maximum Gasteiger partial charge on any atom is 0.296 e. The lowest BCUT2D eigenvalue weighted by Crippen LogP contribution is -2.15. The van der Waals surface area contributed by atoms with Crippen LogP contribution in [0.4, 0.5) is 21.5 Å². The van der Waals surface area contributed by atoms with Crippen LogP contribution in [0.1, 0.15) is 5.56 Å². The summed E-state index contributed by atoms with van der Waals surface area (Å²) in [6.45, 7) is 0. The van der Waals surface area contributed by atoms with Crippen molar-refractivity contribution in [2.45, 2.75) is 4.34 Å². The lowest BCUT2D eigenvalue weighted by molar-refractivity contribution is -0.384. The smallest absolute Gasteiger partial charge is 0.296 e. The van der Waals surface area contributed by atoms with Crippen molar-refractivity contribution in [3.05, 3.63) is 82.2 Å². The molecule has 8 nitrogen and oxygen atoms in total. The number of fused-ring (bicyclic) bond motifs is 1. The Balaban J connectivity index is 1.40. The Bertz CT molecular complexity index is 1390. The van der Waals surface area contributed by atoms with Crippen LogP contribution in [0.2, 0.25) is 0 Å². The van der Waals surface area contributed by atoms with Gasteiger partial charge in [-0.3, -0.25) is 19.9 Å². The molecule has 0 bridgehead atoms. The Kier molecular flexibility index (Phi) is 7.14. The number of anilines is 1. The van der Waals surface area contributed by atoms with E-state index < -0.39 is 4.92 Å². The van der Waals surface area contributed by atoms with E-state index in [9.17, 15) is 19.3 Å². The van der Waals surface area contributed by atoms with Gasteiger partial charge in [0.15, 0.2) is 4.34 Å². The second-order valence-electron chi connectivity index (χ2n) is 6.92. The average Bonchev–Trinajstić information content (AvgIpc) is 3.25. The van der Waals surface area contributed by atoms with Gasteiger partial charge >= 0.3 is 0 Å². The molecule has 34 heavy (non-hydrogen) atoms. The summed E-state index contributed by atoms with van der Waals surface area (Å²) in [6.07, 6.45) is 1.65. The number of carbonyl (C=O) groups is 1. The molecular weight excluding hydrogens is 479 g/mol. The molecule has 0 spiro atoms. The molecule has 0 saturated heterocycles. The topological polar surface area (TPSA) is 107 Å². The van der Waals surface area contributed by atoms with Crippen LogP contribution in [0, 0.1) is 15.9 Å². The van der Waals surface area contributed by atoms with Gasteiger partial charge in [-0.2, -0.15) is 0 Å². The lowest BCUT2D eigenvalue weighted by atomic mass is 10.2. The summed E-state index contributed by atoms with van der Waals surface area (Å²) in [4.78, 5) is 32.0. The van der Waals surface area contributed by atoms with Crippen molar-refractivity contribution < 1.29 is 18.8 Å². The molecule has 4 rings (SSSR count). The zero-order valence-corrected chi connectivity index (χ0v) is 19.4. The van der Waals surface area contributed by atoms with Gasteiger partial charge in [0.05, 0.1) is 39.8 Å². The fraction of sp³-hybridized carbons (Fsp3) is 0.0870. The summed E-state index contributed by atoms with van der Waals surface area (Å²) in [7, 11) is 1.41. The quantitative estimate of drug-likeness (QED) is 0.142. The summed E-state index contributed by atoms with van der Waals surface area (Å²) in [5, 5.41) is 13.8. The predicted octanol–water partition coefficient (Wildman–Crippen LogP) is 5.83. The van der Waals surface area contributed by atoms with Crippen LogP contribution >= 0.6 is 23.1 Å². The first-order valence-corrected chi connectivity index (χ1v) is 11.7. The number of nitrogens with one attached hydrogen (secondary N) is 1. The van der Waals surface area contributed by atoms with Crippen molar-refractivity contribution in [1.29, 1.82) is 0 Å². The molecule has 0 aliphatic carbocycles. The van der Waals surface area contributed by atoms with Gasteiger partial charge in [0.2, 0.25) is 5.91 Å². The van der Waals surface area contributed by atoms with E-state index in [2.05, 4.69) is 15.3 Å². The molecule has 1 N–H and O–H groups in total. The zero-order valence-electron chi connectivity index (χ0n) is 17.7. The molecule has 0 aliphatic rings. The molecule has 0 unspecified atom stereocenters. The third kappa shape index (κ3) is 5.74. The first kappa shape index (κ1) is 23.3. The van der Waals surface area contributed by atoms with E-state index >= 15 is 0 Å². The predicted molar refractivity (Wildman–Crippen MR) is 132 cm³/mol. The first-order valence-electron chi connectivity index (χ1n) is 9.86. The van der Waals surface area contributed by atoms with Gasteiger partial charge in [-0.15, -0.1) is 11.3 Å². The Morgan fingerprint density at radius 1 is 1.24 bits per heavy atom. The van der Waals surface area contributed by atoms with Crippen LogP contribution in [0.15, 0.2) is 70.0 Å². The fourth-order valence-corrected chi connectivity index (χ4v) is 4.84. The summed E-state index contributed by atoms with van der Waals surface area (Å²) < 4.78 is 19.6. The number of ether oxygens (including phenoxy) is 1. The van der Waals surface area contributed by atoms with Crippen LogP contribution in [-0.4, -0.2) is 34.9 Å². The number of benzene rings is 3. The Labute approximate surface area is 201 Å². The lowest BCUT2D eigenvalue weighted by Gasteiger charge is -2.07. The SMILES string of the molecule is COc1ccc(NC(=O)CSc2nc3ccc(N=Cc4ccc(F)cc4)cc3s2)c([N+](=O)[O-])c1. The zero-order chi connectivity index (χ0) is 24.1. The number of thiazole rings is 1. The highest BCUT2D eigenvalue weighted by molar-refractivity contribution is 8.01. The number of hydrogen-bond donors (Lipinski definition) is 1. The van der Waals surface area contributed by atoms with Crippen LogP contribution in [0.25, 0.3) is 10.2 Å². The van der Waals surface area contributed by atoms with Crippen molar-refractivity contribution in [1.82, 2.24) is 4.98 Å². The van der Waals surface area contributed by atoms with E-state index in [4.69, 9.17) is 4.74 Å². The molecule has 0 aliphatic heterocycles. The van der Waals surface area contributed by atoms with Crippen molar-refractivity contribution in [3.8, 4) is 5.75 Å². The average molecular weight is 497 g/mol. The summed E-state index contributed by atoms with van der Waals surface area (Å²) in [5.74, 6) is -0.320. The highest BCUT2D eigenvalue weighted by atomic mass is 32.2. The van der Waals surface area contributed by atoms with E-state index in [-0.39, 0.29) is 28.9 Å². The molecule has 4 aromatic rings. The second-order valence-corrected chi connectivity index (χ2v) is 9.17. The van der Waals surface area contributed by atoms with Crippen LogP contribution < -0.4 is 10.1 Å². The van der Waals surface area contributed by atoms with E-state index in [1.165, 1.54) is 54.5 Å². The minimum absolute atomic E-state index is 0.0403. The molecule has 0 saturated carbocycles. The number of methoxy groups -OCH3 is 1. The molecular formula is C23H17FN4O4S2. The second kappa shape index (κ2) is 10.4. The number of thioether (sulfide) groups is 1. The van der Waals surface area contributed by atoms with E-state index in [0.717, 1.165) is 21.5 Å². The summed E-state index contributed by atoms with van der Waals surface area (Å²) >= 11 is 2.66. The van der Waals surface area contributed by atoms with Crippen molar-refractivity contribution in [2.24, 2.45) is 4.99 Å². The minimum Gasteiger partial charge on any atom is -0.496 e. The molecule has 1 amide bonds. The van der Waals surface area contributed by atoms with Gasteiger partial charge in [0.1, 0.15) is 17.3 Å². The maximum absolute atomic E-state index is 13.0. The molecule has 1 heterocycles. The Hall–Kier alpha value is -3.83. The number of amides is 1. The van der Waals surface area contributed by atoms with Crippen molar-refractivity contribution in [3.63, 3.8) is 0 Å². The van der Waals surface area contributed by atoms with Gasteiger partial charge < -0.3 is 10.1 Å². The number of carbonyl (C=O) groups excluding carboxylic acids is 1. The number of nitro benzene ring substituents is 1. The fourth-order valence-electron chi connectivity index (χ4n) is 2.94. The maximum atomic E-state index is 13.0. The van der Waals surface area contributed by atoms with Gasteiger partial charge in [-0.25, -0.2) is 9.37 Å². The van der Waals surface area contributed by atoms with Gasteiger partial charge in [0, 0.05) is 6.21 Å². The van der Waals surface area contributed by atoms with Crippen molar-refractivity contribution >= 4 is 62.5 Å². The normalized spacial score (nSPS) is 11.1. The van der Waals surface area contributed by atoms with E-state index in [1.807, 2.05) is 18.2 Å². The standard InChI is InChI=1S/C23H17FN4O4S2/c1-32-17-7-9-18(20(11-17)28(30)31)26-22(29)13-33-23-27-19-8-6-16(10-21(19)34-23)25-12-14-2-4-15(24)5-3-14/h2-12H,13H2,1H3,(H,26,29). The number of halogens is 1. The first-order chi connectivity index (χ1) is 16.4. The highest BCUT2D eigenvalue weighted by Crippen LogP contribution is 2.33. The molecule has 0 radical (unpaired) electrons. The van der Waals surface area contributed by atoms with Crippen molar-refractivity contribution in [2.75, 3.05) is 18.2 Å².